The summed E-state index contributed by atoms with van der Waals surface area (Å²) in [5.74, 6) is -0.259. The molecule has 0 fully saturated rings. The largest absolute Gasteiger partial charge is 0.466 e. The Morgan fingerprint density at radius 1 is 0.516 bits per heavy atom. The average molecular weight is 443 g/mol. The number of carbonyl (C=O) groups is 3. The molecule has 0 aromatic carbocycles. The van der Waals surface area contributed by atoms with Crippen LogP contribution in [-0.4, -0.2) is 37.7 Å². The second-order valence-corrected chi connectivity index (χ2v) is 8.03. The summed E-state index contributed by atoms with van der Waals surface area (Å²) in [6, 6.07) is 0. The van der Waals surface area contributed by atoms with E-state index in [1.807, 2.05) is 20.8 Å². The van der Waals surface area contributed by atoms with Crippen LogP contribution in [0.3, 0.4) is 0 Å². The Bertz CT molecular complexity index is 463. The summed E-state index contributed by atoms with van der Waals surface area (Å²) in [5, 5.41) is 0. The smallest absolute Gasteiger partial charge is 0.308 e. The average Bonchev–Trinajstić information content (AvgIpc) is 2.73. The van der Waals surface area contributed by atoms with E-state index < -0.39 is 0 Å². The van der Waals surface area contributed by atoms with Crippen molar-refractivity contribution in [1.29, 1.82) is 0 Å². The van der Waals surface area contributed by atoms with E-state index in [4.69, 9.17) is 14.2 Å². The fraction of sp³-hybridized carbons (Fsp3) is 0.880. The third-order valence-corrected chi connectivity index (χ3v) is 5.35. The van der Waals surface area contributed by atoms with Crippen LogP contribution in [-0.2, 0) is 28.6 Å². The summed E-state index contributed by atoms with van der Waals surface area (Å²) in [6.07, 6.45) is 14.2. The molecule has 31 heavy (non-hydrogen) atoms. The Morgan fingerprint density at radius 3 is 1.26 bits per heavy atom. The lowest BCUT2D eigenvalue weighted by molar-refractivity contribution is -0.148. The monoisotopic (exact) mass is 442 g/mol. The van der Waals surface area contributed by atoms with Crippen LogP contribution in [0.25, 0.3) is 0 Å². The molecule has 0 aliphatic heterocycles. The van der Waals surface area contributed by atoms with Crippen LogP contribution in [0.5, 0.6) is 0 Å². The maximum atomic E-state index is 12.3. The second-order valence-electron chi connectivity index (χ2n) is 8.03. The molecule has 0 heterocycles. The molecule has 182 valence electrons. The predicted molar refractivity (Wildman–Crippen MR) is 123 cm³/mol. The Balaban J connectivity index is 3.84. The molecule has 6 heteroatoms. The third-order valence-electron chi connectivity index (χ3n) is 5.35. The molecule has 0 aromatic rings. The molecule has 0 aliphatic carbocycles. The van der Waals surface area contributed by atoms with Crippen molar-refractivity contribution < 1.29 is 28.6 Å². The van der Waals surface area contributed by atoms with E-state index in [9.17, 15) is 14.4 Å². The topological polar surface area (TPSA) is 78.9 Å². The van der Waals surface area contributed by atoms with Crippen LogP contribution in [0, 0.1) is 5.92 Å². The van der Waals surface area contributed by atoms with Gasteiger partial charge in [0.1, 0.15) is 0 Å². The maximum Gasteiger partial charge on any atom is 0.308 e. The zero-order valence-corrected chi connectivity index (χ0v) is 20.3. The number of unbranched alkanes of at least 4 members (excludes halogenated alkanes) is 9. The summed E-state index contributed by atoms with van der Waals surface area (Å²) in [4.78, 5) is 34.9. The first kappa shape index (κ1) is 29.4. The van der Waals surface area contributed by atoms with E-state index in [2.05, 4.69) is 0 Å². The van der Waals surface area contributed by atoms with Gasteiger partial charge in [-0.15, -0.1) is 0 Å². The highest BCUT2D eigenvalue weighted by molar-refractivity contribution is 5.72. The van der Waals surface area contributed by atoms with Crippen molar-refractivity contribution in [1.82, 2.24) is 0 Å². The molecule has 0 saturated heterocycles. The lowest BCUT2D eigenvalue weighted by Crippen LogP contribution is -2.18. The van der Waals surface area contributed by atoms with Gasteiger partial charge in [-0.05, 0) is 46.5 Å². The fourth-order valence-corrected chi connectivity index (χ4v) is 3.66. The lowest BCUT2D eigenvalue weighted by atomic mass is 9.94. The van der Waals surface area contributed by atoms with E-state index in [-0.39, 0.29) is 23.8 Å². The molecule has 0 spiro atoms. The van der Waals surface area contributed by atoms with Crippen molar-refractivity contribution >= 4 is 17.9 Å². The van der Waals surface area contributed by atoms with E-state index in [0.717, 1.165) is 83.5 Å². The zero-order chi connectivity index (χ0) is 23.2. The molecule has 0 aliphatic rings. The molecule has 1 atom stereocenters. The van der Waals surface area contributed by atoms with Gasteiger partial charge in [0.05, 0.1) is 25.7 Å². The molecular weight excluding hydrogens is 396 g/mol. The SMILES string of the molecule is CCOC(=O)CCCCCCCCC(CCCCCCCC(=O)OCC)C(=O)OCC. The lowest BCUT2D eigenvalue weighted by Gasteiger charge is -2.15. The van der Waals surface area contributed by atoms with Gasteiger partial charge in [0.2, 0.25) is 0 Å². The normalized spacial score (nSPS) is 11.7. The molecule has 0 bridgehead atoms. The summed E-state index contributed by atoms with van der Waals surface area (Å²) >= 11 is 0. The first-order valence-corrected chi connectivity index (χ1v) is 12.5. The summed E-state index contributed by atoms with van der Waals surface area (Å²) in [5.41, 5.74) is 0. The van der Waals surface area contributed by atoms with Crippen molar-refractivity contribution in [2.75, 3.05) is 19.8 Å². The third kappa shape index (κ3) is 18.9. The molecule has 1 unspecified atom stereocenters. The number of esters is 3. The van der Waals surface area contributed by atoms with Gasteiger partial charge >= 0.3 is 17.9 Å². The van der Waals surface area contributed by atoms with Crippen LogP contribution in [0.15, 0.2) is 0 Å². The Hall–Kier alpha value is -1.59. The standard InChI is InChI=1S/C25H46O6/c1-4-29-23(26)20-16-12-8-7-10-14-18-22(25(28)31-6-3)19-15-11-9-13-17-21-24(27)30-5-2/h22H,4-21H2,1-3H3. The fourth-order valence-electron chi connectivity index (χ4n) is 3.66. The molecule has 6 nitrogen and oxygen atoms in total. The van der Waals surface area contributed by atoms with Crippen molar-refractivity contribution in [2.24, 2.45) is 5.92 Å². The molecular formula is C25H46O6. The van der Waals surface area contributed by atoms with Crippen LogP contribution in [0.4, 0.5) is 0 Å². The van der Waals surface area contributed by atoms with Gasteiger partial charge in [-0.25, -0.2) is 0 Å². The second kappa shape index (κ2) is 21.6. The van der Waals surface area contributed by atoms with Crippen molar-refractivity contribution in [3.63, 3.8) is 0 Å². The van der Waals surface area contributed by atoms with Gasteiger partial charge in [-0.3, -0.25) is 14.4 Å². The van der Waals surface area contributed by atoms with Gasteiger partial charge in [-0.2, -0.15) is 0 Å². The molecule has 0 radical (unpaired) electrons. The van der Waals surface area contributed by atoms with Crippen LogP contribution in [0.1, 0.15) is 117 Å². The first-order chi connectivity index (χ1) is 15.0. The van der Waals surface area contributed by atoms with E-state index in [1.165, 1.54) is 0 Å². The highest BCUT2D eigenvalue weighted by Gasteiger charge is 2.18. The van der Waals surface area contributed by atoms with Gasteiger partial charge in [-0.1, -0.05) is 57.8 Å². The van der Waals surface area contributed by atoms with E-state index in [0.29, 0.717) is 32.7 Å². The number of hydrogen-bond donors (Lipinski definition) is 0. The predicted octanol–water partition coefficient (Wildman–Crippen LogP) is 6.14. The molecule has 0 rings (SSSR count). The van der Waals surface area contributed by atoms with Crippen LogP contribution in [0.2, 0.25) is 0 Å². The summed E-state index contributed by atoms with van der Waals surface area (Å²) < 4.78 is 15.1. The number of rotatable bonds is 21. The minimum absolute atomic E-state index is 0.00305. The highest BCUT2D eigenvalue weighted by Crippen LogP contribution is 2.21. The van der Waals surface area contributed by atoms with Gasteiger partial charge < -0.3 is 14.2 Å². The molecule has 0 saturated carbocycles. The Kier molecular flexibility index (Phi) is 20.5. The quantitative estimate of drug-likeness (QED) is 0.121. The van der Waals surface area contributed by atoms with Gasteiger partial charge in [0.25, 0.3) is 0 Å². The van der Waals surface area contributed by atoms with E-state index in [1.54, 1.807) is 0 Å². The first-order valence-electron chi connectivity index (χ1n) is 12.5. The Labute approximate surface area is 189 Å². The van der Waals surface area contributed by atoms with Crippen molar-refractivity contribution in [3.05, 3.63) is 0 Å². The van der Waals surface area contributed by atoms with Gasteiger partial charge in [0.15, 0.2) is 0 Å². The summed E-state index contributed by atoms with van der Waals surface area (Å²) in [7, 11) is 0. The zero-order valence-electron chi connectivity index (χ0n) is 20.3. The molecule has 0 amide bonds. The summed E-state index contributed by atoms with van der Waals surface area (Å²) in [6.45, 7) is 6.85. The highest BCUT2D eigenvalue weighted by atomic mass is 16.5. The van der Waals surface area contributed by atoms with Crippen LogP contribution >= 0.6 is 0 Å². The molecule has 0 N–H and O–H groups in total. The number of hydrogen-bond acceptors (Lipinski definition) is 6. The maximum absolute atomic E-state index is 12.3. The van der Waals surface area contributed by atoms with Crippen molar-refractivity contribution in [3.8, 4) is 0 Å². The Morgan fingerprint density at radius 2 is 0.871 bits per heavy atom. The minimum Gasteiger partial charge on any atom is -0.466 e. The number of ether oxygens (including phenoxy) is 3. The van der Waals surface area contributed by atoms with Gasteiger partial charge in [0, 0.05) is 12.8 Å². The minimum atomic E-state index is -0.108. The number of carbonyl (C=O) groups excluding carboxylic acids is 3. The van der Waals surface area contributed by atoms with E-state index >= 15 is 0 Å². The van der Waals surface area contributed by atoms with Crippen LogP contribution < -0.4 is 0 Å². The molecule has 0 aromatic heterocycles. The van der Waals surface area contributed by atoms with Crippen molar-refractivity contribution in [2.45, 2.75) is 117 Å².